The van der Waals surface area contributed by atoms with Crippen LogP contribution in [0.3, 0.4) is 0 Å². The highest BCUT2D eigenvalue weighted by molar-refractivity contribution is 9.10. The van der Waals surface area contributed by atoms with E-state index in [0.717, 1.165) is 33.8 Å². The van der Waals surface area contributed by atoms with Gasteiger partial charge in [-0.05, 0) is 47.6 Å². The molecule has 0 bridgehead atoms. The Kier molecular flexibility index (Phi) is 5.22. The molecule has 0 spiro atoms. The number of aryl methyl sites for hydroxylation is 1. The number of carbonyl (C=O) groups excluding carboxylic acids is 2. The highest BCUT2D eigenvalue weighted by Crippen LogP contribution is 2.35. The van der Waals surface area contributed by atoms with Gasteiger partial charge in [0.25, 0.3) is 0 Å². The van der Waals surface area contributed by atoms with Gasteiger partial charge in [0.05, 0.1) is 7.11 Å². The molecular formula is C22H21BrN2O3. The number of nitrogens with zero attached hydrogens (tertiary/aromatic N) is 1. The van der Waals surface area contributed by atoms with Crippen molar-refractivity contribution in [3.05, 3.63) is 70.3 Å². The van der Waals surface area contributed by atoms with Gasteiger partial charge in [0.1, 0.15) is 12.6 Å². The number of methoxy groups -OCH3 is 1. The predicted molar refractivity (Wildman–Crippen MR) is 111 cm³/mol. The number of rotatable bonds is 5. The number of aromatic nitrogens is 1. The molecule has 2 unspecified atom stereocenters. The van der Waals surface area contributed by atoms with Crippen LogP contribution >= 0.6 is 15.9 Å². The van der Waals surface area contributed by atoms with Crippen molar-refractivity contribution in [3.63, 3.8) is 0 Å². The first kappa shape index (κ1) is 18.7. The zero-order chi connectivity index (χ0) is 19.7. The highest BCUT2D eigenvalue weighted by atomic mass is 79.9. The summed E-state index contributed by atoms with van der Waals surface area (Å²) in [6, 6.07) is 15.3. The Hall–Kier alpha value is -2.60. The third-order valence-corrected chi connectivity index (χ3v) is 5.90. The van der Waals surface area contributed by atoms with E-state index < -0.39 is 12.0 Å². The van der Waals surface area contributed by atoms with Gasteiger partial charge in [0, 0.05) is 22.1 Å². The maximum atomic E-state index is 12.8. The molecule has 4 rings (SSSR count). The molecule has 1 N–H and O–H groups in total. The van der Waals surface area contributed by atoms with Crippen molar-refractivity contribution in [2.45, 2.75) is 31.3 Å². The molecule has 1 aliphatic rings. The van der Waals surface area contributed by atoms with Crippen molar-refractivity contribution in [1.82, 2.24) is 9.88 Å². The number of carbonyl (C=O) groups is 2. The fourth-order valence-corrected chi connectivity index (χ4v) is 4.40. The standard InChI is InChI=1S/C22H21BrN2O3/c1-28-22(27)21(18-9-7-14-4-2-3-5-17(14)18)24-20(26)13-25-11-10-15-6-8-16(23)12-19(15)25/h2-6,8,10-12,18,21H,7,9,13H2,1H3,(H,24,26). The van der Waals surface area contributed by atoms with Crippen LogP contribution in [0.4, 0.5) is 0 Å². The average molecular weight is 441 g/mol. The Bertz CT molecular complexity index is 1040. The van der Waals surface area contributed by atoms with Crippen LogP contribution in [0.5, 0.6) is 0 Å². The average Bonchev–Trinajstić information content (AvgIpc) is 3.30. The lowest BCUT2D eigenvalue weighted by molar-refractivity contribution is -0.145. The lowest BCUT2D eigenvalue weighted by atomic mass is 9.93. The van der Waals surface area contributed by atoms with Crippen molar-refractivity contribution in [3.8, 4) is 0 Å². The molecule has 28 heavy (non-hydrogen) atoms. The van der Waals surface area contributed by atoms with Gasteiger partial charge in [-0.1, -0.05) is 46.3 Å². The molecule has 2 atom stereocenters. The number of halogens is 1. The van der Waals surface area contributed by atoms with Gasteiger partial charge >= 0.3 is 5.97 Å². The van der Waals surface area contributed by atoms with Crippen molar-refractivity contribution < 1.29 is 14.3 Å². The van der Waals surface area contributed by atoms with Crippen LogP contribution in [0.15, 0.2) is 59.2 Å². The molecule has 0 saturated carbocycles. The minimum absolute atomic E-state index is 0.0665. The first-order valence-corrected chi connectivity index (χ1v) is 10.1. The first-order chi connectivity index (χ1) is 13.6. The monoisotopic (exact) mass is 440 g/mol. The molecule has 0 aliphatic heterocycles. The van der Waals surface area contributed by atoms with Crippen molar-refractivity contribution in [1.29, 1.82) is 0 Å². The second-order valence-corrected chi connectivity index (χ2v) is 7.97. The molecule has 1 aromatic heterocycles. The number of esters is 1. The number of hydrogen-bond donors (Lipinski definition) is 1. The number of hydrogen-bond acceptors (Lipinski definition) is 3. The maximum Gasteiger partial charge on any atom is 0.329 e. The second kappa shape index (κ2) is 7.80. The highest BCUT2D eigenvalue weighted by Gasteiger charge is 2.36. The quantitative estimate of drug-likeness (QED) is 0.613. The van der Waals surface area contributed by atoms with Crippen LogP contribution in [0.1, 0.15) is 23.5 Å². The molecule has 3 aromatic rings. The van der Waals surface area contributed by atoms with Gasteiger partial charge in [-0.15, -0.1) is 0 Å². The minimum atomic E-state index is -0.685. The van der Waals surface area contributed by atoms with E-state index in [2.05, 4.69) is 27.3 Å². The molecular weight excluding hydrogens is 420 g/mol. The number of amides is 1. The summed E-state index contributed by atoms with van der Waals surface area (Å²) in [5, 5.41) is 3.98. The Balaban J connectivity index is 1.55. The zero-order valence-corrected chi connectivity index (χ0v) is 17.1. The van der Waals surface area contributed by atoms with Crippen molar-refractivity contribution >= 4 is 38.7 Å². The van der Waals surface area contributed by atoms with Crippen LogP contribution in [0.2, 0.25) is 0 Å². The Morgan fingerprint density at radius 2 is 2.07 bits per heavy atom. The van der Waals surface area contributed by atoms with E-state index in [-0.39, 0.29) is 18.4 Å². The van der Waals surface area contributed by atoms with Crippen molar-refractivity contribution in [2.24, 2.45) is 0 Å². The summed E-state index contributed by atoms with van der Waals surface area (Å²) in [6.07, 6.45) is 3.61. The summed E-state index contributed by atoms with van der Waals surface area (Å²) in [5.41, 5.74) is 3.32. The summed E-state index contributed by atoms with van der Waals surface area (Å²) >= 11 is 3.47. The molecule has 1 aliphatic carbocycles. The third kappa shape index (κ3) is 3.56. The van der Waals surface area contributed by atoms with E-state index in [1.54, 1.807) is 0 Å². The SMILES string of the molecule is COC(=O)C(NC(=O)Cn1ccc2ccc(Br)cc21)C1CCc2ccccc21. The zero-order valence-electron chi connectivity index (χ0n) is 15.5. The smallest absolute Gasteiger partial charge is 0.329 e. The molecule has 5 nitrogen and oxygen atoms in total. The summed E-state index contributed by atoms with van der Waals surface area (Å²) in [5.74, 6) is -0.685. The molecule has 1 heterocycles. The number of benzene rings is 2. The van der Waals surface area contributed by atoms with E-state index in [1.807, 2.05) is 53.2 Å². The minimum Gasteiger partial charge on any atom is -0.467 e. The molecule has 6 heteroatoms. The Labute approximate surface area is 171 Å². The van der Waals surface area contributed by atoms with Gasteiger partial charge < -0.3 is 14.6 Å². The third-order valence-electron chi connectivity index (χ3n) is 5.40. The fourth-order valence-electron chi connectivity index (χ4n) is 4.06. The van der Waals surface area contributed by atoms with Crippen LogP contribution in [-0.4, -0.2) is 29.6 Å². The molecule has 2 aromatic carbocycles. The van der Waals surface area contributed by atoms with E-state index >= 15 is 0 Å². The molecule has 0 saturated heterocycles. The van der Waals surface area contributed by atoms with E-state index in [9.17, 15) is 9.59 Å². The normalized spacial score (nSPS) is 16.6. The van der Waals surface area contributed by atoms with Gasteiger partial charge in [-0.3, -0.25) is 4.79 Å². The Morgan fingerprint density at radius 1 is 1.25 bits per heavy atom. The lowest BCUT2D eigenvalue weighted by Gasteiger charge is -2.23. The van der Waals surface area contributed by atoms with Crippen molar-refractivity contribution in [2.75, 3.05) is 7.11 Å². The largest absolute Gasteiger partial charge is 0.467 e. The van der Waals surface area contributed by atoms with Gasteiger partial charge in [-0.25, -0.2) is 4.79 Å². The summed E-state index contributed by atoms with van der Waals surface area (Å²) in [7, 11) is 1.36. The lowest BCUT2D eigenvalue weighted by Crippen LogP contribution is -2.46. The van der Waals surface area contributed by atoms with Crippen LogP contribution in [0.25, 0.3) is 10.9 Å². The first-order valence-electron chi connectivity index (χ1n) is 9.26. The Morgan fingerprint density at radius 3 is 2.89 bits per heavy atom. The molecule has 144 valence electrons. The molecule has 1 amide bonds. The van der Waals surface area contributed by atoms with E-state index in [4.69, 9.17) is 4.74 Å². The van der Waals surface area contributed by atoms with Gasteiger partial charge in [0.2, 0.25) is 5.91 Å². The summed E-state index contributed by atoms with van der Waals surface area (Å²) in [6.45, 7) is 0.141. The topological polar surface area (TPSA) is 60.3 Å². The van der Waals surface area contributed by atoms with Gasteiger partial charge in [0.15, 0.2) is 0 Å². The fraction of sp³-hybridized carbons (Fsp3) is 0.273. The van der Waals surface area contributed by atoms with E-state index in [1.165, 1.54) is 12.7 Å². The number of fused-ring (bicyclic) bond motifs is 2. The van der Waals surface area contributed by atoms with Crippen LogP contribution < -0.4 is 5.32 Å². The molecule has 0 fully saturated rings. The maximum absolute atomic E-state index is 12.8. The van der Waals surface area contributed by atoms with E-state index in [0.29, 0.717) is 0 Å². The summed E-state index contributed by atoms with van der Waals surface area (Å²) in [4.78, 5) is 25.2. The van der Waals surface area contributed by atoms with Crippen LogP contribution in [0, 0.1) is 0 Å². The number of ether oxygens (including phenoxy) is 1. The number of nitrogens with one attached hydrogen (secondary N) is 1. The van der Waals surface area contributed by atoms with Crippen LogP contribution in [-0.2, 0) is 27.3 Å². The predicted octanol–water partition coefficient (Wildman–Crippen LogP) is 3.79. The molecule has 0 radical (unpaired) electrons. The van der Waals surface area contributed by atoms with Gasteiger partial charge in [-0.2, -0.15) is 0 Å². The summed E-state index contributed by atoms with van der Waals surface area (Å²) < 4.78 is 7.83. The second-order valence-electron chi connectivity index (χ2n) is 7.06.